The Kier molecular flexibility index (Phi) is 4.76. The second kappa shape index (κ2) is 5.86. The molecule has 1 aromatic heterocycles. The highest BCUT2D eigenvalue weighted by atomic mass is 16.5. The summed E-state index contributed by atoms with van der Waals surface area (Å²) in [6.45, 7) is 7.29. The van der Waals surface area contributed by atoms with Gasteiger partial charge in [-0.25, -0.2) is 0 Å². The van der Waals surface area contributed by atoms with E-state index in [2.05, 4.69) is 10.4 Å². The van der Waals surface area contributed by atoms with Crippen LogP contribution in [0, 0.1) is 0 Å². The number of nitrogens with zero attached hydrogens (tertiary/aromatic N) is 2. The smallest absolute Gasteiger partial charge is 0.162 e. The predicted molar refractivity (Wildman–Crippen MR) is 62.6 cm³/mol. The van der Waals surface area contributed by atoms with Crippen LogP contribution in [0.2, 0.25) is 0 Å². The molecule has 0 saturated carbocycles. The zero-order chi connectivity index (χ0) is 12.1. The van der Waals surface area contributed by atoms with Gasteiger partial charge in [-0.05, 0) is 6.92 Å². The Balaban J connectivity index is 2.79. The molecule has 0 saturated heterocycles. The first-order chi connectivity index (χ1) is 7.60. The first kappa shape index (κ1) is 13.0. The number of hydrogen-bond donors (Lipinski definition) is 2. The molecule has 1 aromatic rings. The van der Waals surface area contributed by atoms with Crippen molar-refractivity contribution >= 4 is 0 Å². The lowest BCUT2D eigenvalue weighted by Crippen LogP contribution is -2.29. The van der Waals surface area contributed by atoms with E-state index in [4.69, 9.17) is 4.74 Å². The van der Waals surface area contributed by atoms with Gasteiger partial charge in [0.2, 0.25) is 0 Å². The first-order valence-corrected chi connectivity index (χ1v) is 5.61. The van der Waals surface area contributed by atoms with Crippen LogP contribution >= 0.6 is 0 Å². The van der Waals surface area contributed by atoms with E-state index >= 15 is 0 Å². The van der Waals surface area contributed by atoms with E-state index in [1.165, 1.54) is 0 Å². The summed E-state index contributed by atoms with van der Waals surface area (Å²) in [5.74, 6) is 0.639. The molecule has 16 heavy (non-hydrogen) atoms. The summed E-state index contributed by atoms with van der Waals surface area (Å²) in [6.07, 6.45) is 1.04. The van der Waals surface area contributed by atoms with E-state index in [-0.39, 0.29) is 0 Å². The zero-order valence-corrected chi connectivity index (χ0v) is 10.4. The van der Waals surface area contributed by atoms with Crippen molar-refractivity contribution in [1.29, 1.82) is 0 Å². The second-order valence-corrected chi connectivity index (χ2v) is 3.99. The molecule has 5 nitrogen and oxygen atoms in total. The van der Waals surface area contributed by atoms with Gasteiger partial charge in [-0.3, -0.25) is 4.68 Å². The number of methoxy groups -OCH3 is 1. The number of ether oxygens (including phenoxy) is 1. The molecule has 0 fully saturated rings. The van der Waals surface area contributed by atoms with Gasteiger partial charge in [0.05, 0.1) is 13.3 Å². The molecule has 1 heterocycles. The average molecular weight is 227 g/mol. The summed E-state index contributed by atoms with van der Waals surface area (Å²) >= 11 is 0. The van der Waals surface area contributed by atoms with Crippen LogP contribution in [-0.2, 0) is 6.54 Å². The summed E-state index contributed by atoms with van der Waals surface area (Å²) in [5.41, 5.74) is 0.734. The van der Waals surface area contributed by atoms with Crippen LogP contribution in [0.15, 0.2) is 6.20 Å². The van der Waals surface area contributed by atoms with Gasteiger partial charge in [-0.15, -0.1) is 0 Å². The van der Waals surface area contributed by atoms with E-state index in [1.807, 2.05) is 20.8 Å². The maximum absolute atomic E-state index is 10.1. The Morgan fingerprint density at radius 2 is 2.25 bits per heavy atom. The minimum Gasteiger partial charge on any atom is -0.493 e. The SMILES string of the molecule is CCn1ncc(OC)c1C(O)CNC(C)C. The van der Waals surface area contributed by atoms with Crippen molar-refractivity contribution in [3.63, 3.8) is 0 Å². The Bertz CT molecular complexity index is 302. The fourth-order valence-electron chi connectivity index (χ4n) is 1.57. The fraction of sp³-hybridized carbons (Fsp3) is 0.727. The maximum Gasteiger partial charge on any atom is 0.162 e. The lowest BCUT2D eigenvalue weighted by molar-refractivity contribution is 0.157. The Hall–Kier alpha value is -1.07. The lowest BCUT2D eigenvalue weighted by atomic mass is 10.2. The van der Waals surface area contributed by atoms with Crippen molar-refractivity contribution < 1.29 is 9.84 Å². The van der Waals surface area contributed by atoms with E-state index < -0.39 is 6.10 Å². The summed E-state index contributed by atoms with van der Waals surface area (Å²) in [6, 6.07) is 0.346. The Morgan fingerprint density at radius 3 is 2.75 bits per heavy atom. The van der Waals surface area contributed by atoms with Crippen LogP contribution in [0.3, 0.4) is 0 Å². The quantitative estimate of drug-likeness (QED) is 0.759. The third-order valence-corrected chi connectivity index (χ3v) is 2.40. The normalized spacial score (nSPS) is 13.1. The molecule has 92 valence electrons. The number of hydrogen-bond acceptors (Lipinski definition) is 4. The van der Waals surface area contributed by atoms with Gasteiger partial charge >= 0.3 is 0 Å². The second-order valence-electron chi connectivity index (χ2n) is 3.99. The lowest BCUT2D eigenvalue weighted by Gasteiger charge is -2.16. The largest absolute Gasteiger partial charge is 0.493 e. The predicted octanol–water partition coefficient (Wildman–Crippen LogP) is 0.943. The zero-order valence-electron chi connectivity index (χ0n) is 10.4. The van der Waals surface area contributed by atoms with E-state index in [0.717, 1.165) is 12.2 Å². The van der Waals surface area contributed by atoms with Gasteiger partial charge in [0.25, 0.3) is 0 Å². The van der Waals surface area contributed by atoms with Crippen molar-refractivity contribution in [2.75, 3.05) is 13.7 Å². The van der Waals surface area contributed by atoms with Crippen molar-refractivity contribution in [3.8, 4) is 5.75 Å². The number of aryl methyl sites for hydroxylation is 1. The fourth-order valence-corrected chi connectivity index (χ4v) is 1.57. The number of rotatable bonds is 6. The van der Waals surface area contributed by atoms with Crippen LogP contribution in [-0.4, -0.2) is 34.6 Å². The molecule has 0 aromatic carbocycles. The van der Waals surface area contributed by atoms with Gasteiger partial charge in [0.1, 0.15) is 11.8 Å². The van der Waals surface area contributed by atoms with Crippen molar-refractivity contribution in [2.24, 2.45) is 0 Å². The molecular formula is C11H21N3O2. The highest BCUT2D eigenvalue weighted by Crippen LogP contribution is 2.24. The Labute approximate surface area is 96.4 Å². The standard InChI is InChI=1S/C11H21N3O2/c1-5-14-11(10(16-4)7-13-14)9(15)6-12-8(2)3/h7-9,12,15H,5-6H2,1-4H3. The highest BCUT2D eigenvalue weighted by molar-refractivity contribution is 5.27. The minimum absolute atomic E-state index is 0.346. The molecule has 0 amide bonds. The van der Waals surface area contributed by atoms with E-state index in [0.29, 0.717) is 18.3 Å². The first-order valence-electron chi connectivity index (χ1n) is 5.61. The molecule has 1 unspecified atom stereocenters. The molecule has 0 bridgehead atoms. The third-order valence-electron chi connectivity index (χ3n) is 2.40. The molecule has 1 atom stereocenters. The van der Waals surface area contributed by atoms with E-state index in [9.17, 15) is 5.11 Å². The molecule has 2 N–H and O–H groups in total. The van der Waals surface area contributed by atoms with Crippen LogP contribution in [0.4, 0.5) is 0 Å². The average Bonchev–Trinajstić information content (AvgIpc) is 2.68. The topological polar surface area (TPSA) is 59.3 Å². The van der Waals surface area contributed by atoms with Gasteiger partial charge in [-0.2, -0.15) is 5.10 Å². The van der Waals surface area contributed by atoms with E-state index in [1.54, 1.807) is 18.0 Å². The molecule has 5 heteroatoms. The third kappa shape index (κ3) is 2.96. The molecule has 0 aliphatic rings. The van der Waals surface area contributed by atoms with Gasteiger partial charge in [-0.1, -0.05) is 13.8 Å². The Morgan fingerprint density at radius 1 is 1.56 bits per heavy atom. The molecule has 1 rings (SSSR count). The number of nitrogens with one attached hydrogen (secondary N) is 1. The van der Waals surface area contributed by atoms with Crippen molar-refractivity contribution in [3.05, 3.63) is 11.9 Å². The summed E-state index contributed by atoms with van der Waals surface area (Å²) in [7, 11) is 1.59. The summed E-state index contributed by atoms with van der Waals surface area (Å²) < 4.78 is 6.94. The summed E-state index contributed by atoms with van der Waals surface area (Å²) in [5, 5.41) is 17.4. The van der Waals surface area contributed by atoms with Crippen LogP contribution < -0.4 is 10.1 Å². The molecule has 0 aliphatic heterocycles. The maximum atomic E-state index is 10.1. The van der Waals surface area contributed by atoms with Crippen LogP contribution in [0.5, 0.6) is 5.75 Å². The number of aromatic nitrogens is 2. The van der Waals surface area contributed by atoms with Crippen LogP contribution in [0.1, 0.15) is 32.6 Å². The molecule has 0 spiro atoms. The van der Waals surface area contributed by atoms with Crippen molar-refractivity contribution in [2.45, 2.75) is 39.5 Å². The number of aliphatic hydroxyl groups is 1. The number of aliphatic hydroxyl groups excluding tert-OH is 1. The molecular weight excluding hydrogens is 206 g/mol. The minimum atomic E-state index is -0.597. The molecule has 0 radical (unpaired) electrons. The monoisotopic (exact) mass is 227 g/mol. The highest BCUT2D eigenvalue weighted by Gasteiger charge is 2.19. The van der Waals surface area contributed by atoms with Crippen LogP contribution in [0.25, 0.3) is 0 Å². The van der Waals surface area contributed by atoms with Crippen molar-refractivity contribution in [1.82, 2.24) is 15.1 Å². The van der Waals surface area contributed by atoms with Gasteiger partial charge in [0, 0.05) is 19.1 Å². The summed E-state index contributed by atoms with van der Waals surface area (Å²) in [4.78, 5) is 0. The van der Waals surface area contributed by atoms with Gasteiger partial charge < -0.3 is 15.2 Å². The van der Waals surface area contributed by atoms with Gasteiger partial charge in [0.15, 0.2) is 5.75 Å². The molecule has 0 aliphatic carbocycles.